The Morgan fingerprint density at radius 1 is 0.951 bits per heavy atom. The van der Waals surface area contributed by atoms with E-state index in [1.807, 2.05) is 39.0 Å². The van der Waals surface area contributed by atoms with Gasteiger partial charge in [0.05, 0.1) is 18.2 Å². The zero-order valence-electron chi connectivity index (χ0n) is 24.1. The highest BCUT2D eigenvalue weighted by molar-refractivity contribution is 6.46. The zero-order valence-corrected chi connectivity index (χ0v) is 24.1. The first-order valence-electron chi connectivity index (χ1n) is 14.0. The molecule has 1 atom stereocenters. The van der Waals surface area contributed by atoms with E-state index >= 15 is 0 Å². The summed E-state index contributed by atoms with van der Waals surface area (Å²) in [6.45, 7) is 11.1. The molecule has 1 saturated heterocycles. The molecule has 1 heterocycles. The maximum Gasteiger partial charge on any atom is 0.295 e. The number of ether oxygens (including phenoxy) is 2. The highest BCUT2D eigenvalue weighted by atomic mass is 16.5. The number of aryl methyl sites for hydroxylation is 1. The number of likely N-dealkylation sites (N-methyl/N-ethyl adjacent to an activating group) is 1. The van der Waals surface area contributed by atoms with Gasteiger partial charge in [-0.3, -0.25) is 9.59 Å². The molecule has 41 heavy (non-hydrogen) atoms. The lowest BCUT2D eigenvalue weighted by molar-refractivity contribution is -0.140. The molecule has 1 aliphatic rings. The fourth-order valence-electron chi connectivity index (χ4n) is 5.05. The third-order valence-corrected chi connectivity index (χ3v) is 7.31. The lowest BCUT2D eigenvalue weighted by atomic mass is 9.95. The summed E-state index contributed by atoms with van der Waals surface area (Å²) < 4.78 is 11.5. The number of ketones is 1. The number of nitrogens with zero attached hydrogens (tertiary/aromatic N) is 2. The number of aliphatic hydroxyl groups is 1. The molecule has 0 spiro atoms. The Labute approximate surface area is 241 Å². The van der Waals surface area contributed by atoms with Crippen molar-refractivity contribution < 1.29 is 29.3 Å². The van der Waals surface area contributed by atoms with Crippen molar-refractivity contribution in [2.75, 3.05) is 32.8 Å². The molecule has 0 aromatic heterocycles. The van der Waals surface area contributed by atoms with Crippen molar-refractivity contribution in [3.8, 4) is 17.2 Å². The molecule has 0 aliphatic carbocycles. The SMILES string of the molecule is CCOc1cc([C@H]2C(=C(O)c3ccc(OCc4cccc(C)c4)cc3)C(=O)C(=O)N2CCN(CC)CC)ccc1O. The van der Waals surface area contributed by atoms with Crippen molar-refractivity contribution in [3.63, 3.8) is 0 Å². The molecular formula is C33H38N2O6. The van der Waals surface area contributed by atoms with Gasteiger partial charge in [-0.05, 0) is 74.5 Å². The number of carbonyl (C=O) groups is 2. The average molecular weight is 559 g/mol. The topological polar surface area (TPSA) is 99.5 Å². The smallest absolute Gasteiger partial charge is 0.295 e. The van der Waals surface area contributed by atoms with Gasteiger partial charge in [-0.25, -0.2) is 0 Å². The molecule has 1 amide bonds. The van der Waals surface area contributed by atoms with Crippen LogP contribution in [0, 0.1) is 6.92 Å². The van der Waals surface area contributed by atoms with Gasteiger partial charge in [-0.15, -0.1) is 0 Å². The van der Waals surface area contributed by atoms with Crippen LogP contribution in [-0.4, -0.2) is 64.5 Å². The minimum absolute atomic E-state index is 0.00360. The van der Waals surface area contributed by atoms with Crippen LogP contribution in [0.5, 0.6) is 17.2 Å². The van der Waals surface area contributed by atoms with Crippen LogP contribution >= 0.6 is 0 Å². The van der Waals surface area contributed by atoms with Crippen LogP contribution in [-0.2, 0) is 16.2 Å². The molecule has 0 radical (unpaired) electrons. The summed E-state index contributed by atoms with van der Waals surface area (Å²) in [7, 11) is 0. The number of Topliss-reactive ketones (excluding diaryl/α,β-unsaturated/α-hetero) is 1. The normalized spacial score (nSPS) is 16.4. The lowest BCUT2D eigenvalue weighted by Gasteiger charge is -2.28. The third kappa shape index (κ3) is 6.72. The molecule has 4 rings (SSSR count). The van der Waals surface area contributed by atoms with E-state index in [9.17, 15) is 19.8 Å². The second-order valence-corrected chi connectivity index (χ2v) is 9.98. The van der Waals surface area contributed by atoms with E-state index < -0.39 is 17.7 Å². The number of hydrogen-bond donors (Lipinski definition) is 2. The minimum atomic E-state index is -0.845. The highest BCUT2D eigenvalue weighted by Gasteiger charge is 2.46. The Bertz CT molecular complexity index is 1410. The average Bonchev–Trinajstić information content (AvgIpc) is 3.23. The Balaban J connectivity index is 1.68. The van der Waals surface area contributed by atoms with E-state index in [0.717, 1.165) is 24.2 Å². The van der Waals surface area contributed by atoms with Crippen molar-refractivity contribution in [2.45, 2.75) is 40.3 Å². The van der Waals surface area contributed by atoms with Gasteiger partial charge in [-0.1, -0.05) is 49.7 Å². The first-order chi connectivity index (χ1) is 19.8. The van der Waals surface area contributed by atoms with Crippen molar-refractivity contribution in [2.24, 2.45) is 0 Å². The number of amides is 1. The number of phenolic OH excluding ortho intramolecular Hbond substituents is 1. The molecule has 0 unspecified atom stereocenters. The van der Waals surface area contributed by atoms with Crippen LogP contribution in [0.3, 0.4) is 0 Å². The predicted octanol–water partition coefficient (Wildman–Crippen LogP) is 5.44. The largest absolute Gasteiger partial charge is 0.507 e. The summed E-state index contributed by atoms with van der Waals surface area (Å²) in [6, 6.07) is 18.7. The highest BCUT2D eigenvalue weighted by Crippen LogP contribution is 2.42. The molecule has 3 aromatic carbocycles. The van der Waals surface area contributed by atoms with Crippen molar-refractivity contribution >= 4 is 17.4 Å². The van der Waals surface area contributed by atoms with Gasteiger partial charge in [0.15, 0.2) is 11.5 Å². The van der Waals surface area contributed by atoms with Crippen LogP contribution in [0.15, 0.2) is 72.3 Å². The Kier molecular flexibility index (Phi) is 9.68. The van der Waals surface area contributed by atoms with Gasteiger partial charge in [0, 0.05) is 18.7 Å². The predicted molar refractivity (Wildman–Crippen MR) is 158 cm³/mol. The van der Waals surface area contributed by atoms with Crippen molar-refractivity contribution in [3.05, 3.63) is 94.6 Å². The number of likely N-dealkylation sites (tertiary alicyclic amines) is 1. The summed E-state index contributed by atoms with van der Waals surface area (Å²) in [5.41, 5.74) is 3.14. The molecule has 0 saturated carbocycles. The van der Waals surface area contributed by atoms with E-state index in [1.165, 1.54) is 11.0 Å². The van der Waals surface area contributed by atoms with Crippen molar-refractivity contribution in [1.82, 2.24) is 9.80 Å². The third-order valence-electron chi connectivity index (χ3n) is 7.31. The van der Waals surface area contributed by atoms with Gasteiger partial charge in [0.2, 0.25) is 0 Å². The maximum atomic E-state index is 13.4. The Morgan fingerprint density at radius 2 is 1.68 bits per heavy atom. The summed E-state index contributed by atoms with van der Waals surface area (Å²) in [4.78, 5) is 30.4. The number of rotatable bonds is 12. The van der Waals surface area contributed by atoms with Gasteiger partial charge < -0.3 is 29.5 Å². The van der Waals surface area contributed by atoms with Crippen LogP contribution in [0.1, 0.15) is 49.1 Å². The summed E-state index contributed by atoms with van der Waals surface area (Å²) >= 11 is 0. The monoisotopic (exact) mass is 558 g/mol. The first-order valence-corrected chi connectivity index (χ1v) is 14.0. The quantitative estimate of drug-likeness (QED) is 0.173. The minimum Gasteiger partial charge on any atom is -0.507 e. The van der Waals surface area contributed by atoms with E-state index in [-0.39, 0.29) is 22.8 Å². The number of carbonyl (C=O) groups excluding carboxylic acids is 2. The fourth-order valence-corrected chi connectivity index (χ4v) is 5.05. The number of hydrogen-bond acceptors (Lipinski definition) is 7. The molecule has 1 fully saturated rings. The van der Waals surface area contributed by atoms with Crippen LogP contribution < -0.4 is 9.47 Å². The molecule has 8 heteroatoms. The van der Waals surface area contributed by atoms with Gasteiger partial charge in [-0.2, -0.15) is 0 Å². The Hall–Kier alpha value is -4.30. The maximum absolute atomic E-state index is 13.4. The van der Waals surface area contributed by atoms with Gasteiger partial charge in [0.1, 0.15) is 18.1 Å². The summed E-state index contributed by atoms with van der Waals surface area (Å²) in [5, 5.41) is 21.7. The second kappa shape index (κ2) is 13.4. The van der Waals surface area contributed by atoms with Crippen LogP contribution in [0.4, 0.5) is 0 Å². The molecule has 1 aliphatic heterocycles. The van der Waals surface area contributed by atoms with Gasteiger partial charge in [0.25, 0.3) is 11.7 Å². The number of benzene rings is 3. The molecule has 2 N–H and O–H groups in total. The van der Waals surface area contributed by atoms with E-state index in [0.29, 0.717) is 43.2 Å². The molecule has 3 aromatic rings. The molecule has 216 valence electrons. The standard InChI is InChI=1S/C33H38N2O6/c1-5-34(6-2)17-18-35-30(25-13-16-27(36)28(20-25)40-7-3)29(32(38)33(35)39)31(37)24-11-14-26(15-12-24)41-21-23-10-8-9-22(4)19-23/h8-16,19-20,30,36-37H,5-7,17-18,21H2,1-4H3/t30-/m0/s1. The molecule has 8 nitrogen and oxygen atoms in total. The van der Waals surface area contributed by atoms with Crippen LogP contribution in [0.2, 0.25) is 0 Å². The Morgan fingerprint density at radius 3 is 2.34 bits per heavy atom. The first kappa shape index (κ1) is 29.7. The number of aliphatic hydroxyl groups excluding tert-OH is 1. The van der Waals surface area contributed by atoms with E-state index in [1.54, 1.807) is 43.3 Å². The van der Waals surface area contributed by atoms with E-state index in [4.69, 9.17) is 9.47 Å². The number of aromatic hydroxyl groups is 1. The number of phenols is 1. The van der Waals surface area contributed by atoms with E-state index in [2.05, 4.69) is 11.0 Å². The van der Waals surface area contributed by atoms with Crippen LogP contribution in [0.25, 0.3) is 5.76 Å². The zero-order chi connectivity index (χ0) is 29.5. The fraction of sp³-hybridized carbons (Fsp3) is 0.333. The second-order valence-electron chi connectivity index (χ2n) is 9.98. The lowest BCUT2D eigenvalue weighted by Crippen LogP contribution is -2.38. The summed E-state index contributed by atoms with van der Waals surface area (Å²) in [6.07, 6.45) is 0. The molecule has 0 bridgehead atoms. The summed E-state index contributed by atoms with van der Waals surface area (Å²) in [5.74, 6) is -0.883. The molecular weight excluding hydrogens is 520 g/mol. The van der Waals surface area contributed by atoms with Crippen molar-refractivity contribution in [1.29, 1.82) is 0 Å². The van der Waals surface area contributed by atoms with Gasteiger partial charge >= 0.3 is 0 Å².